The van der Waals surface area contributed by atoms with Crippen molar-refractivity contribution in [3.05, 3.63) is 64.1 Å². The predicted octanol–water partition coefficient (Wildman–Crippen LogP) is 2.07. The molecule has 0 radical (unpaired) electrons. The molecule has 0 unspecified atom stereocenters. The highest BCUT2D eigenvalue weighted by Gasteiger charge is 2.11. The molecule has 0 amide bonds. The molecule has 128 valence electrons. The summed E-state index contributed by atoms with van der Waals surface area (Å²) in [6, 6.07) is 11.5. The van der Waals surface area contributed by atoms with Crippen LogP contribution < -0.4 is 10.2 Å². The van der Waals surface area contributed by atoms with Gasteiger partial charge in [0.2, 0.25) is 5.43 Å². The lowest BCUT2D eigenvalue weighted by Crippen LogP contribution is -2.38. The fourth-order valence-electron chi connectivity index (χ4n) is 2.81. The first kappa shape index (κ1) is 16.7. The molecule has 5 heteroatoms. The zero-order valence-corrected chi connectivity index (χ0v) is 14.1. The lowest BCUT2D eigenvalue weighted by atomic mass is 10.2. The Labute approximate surface area is 142 Å². The first-order valence-electron chi connectivity index (χ1n) is 8.40. The van der Waals surface area contributed by atoms with Crippen molar-refractivity contribution >= 4 is 0 Å². The van der Waals surface area contributed by atoms with Gasteiger partial charge in [-0.15, -0.1) is 0 Å². The monoisotopic (exact) mass is 328 g/mol. The Balaban J connectivity index is 1.65. The Kier molecular flexibility index (Phi) is 5.67. The van der Waals surface area contributed by atoms with E-state index in [-0.39, 0.29) is 5.43 Å². The van der Waals surface area contributed by atoms with Gasteiger partial charge in [0.1, 0.15) is 6.61 Å². The van der Waals surface area contributed by atoms with Gasteiger partial charge >= 0.3 is 0 Å². The van der Waals surface area contributed by atoms with Crippen LogP contribution in [0.15, 0.2) is 47.4 Å². The molecule has 0 N–H and O–H groups in total. The van der Waals surface area contributed by atoms with E-state index < -0.39 is 0 Å². The molecule has 5 nitrogen and oxygen atoms in total. The minimum Gasteiger partial charge on any atom is -0.483 e. The molecular formula is C19H24N2O3. The molecule has 0 saturated carbocycles. The van der Waals surface area contributed by atoms with E-state index in [1.165, 1.54) is 0 Å². The number of aromatic nitrogens is 1. The number of rotatable bonds is 6. The number of morpholine rings is 1. The molecule has 1 saturated heterocycles. The maximum Gasteiger partial charge on any atom is 0.223 e. The van der Waals surface area contributed by atoms with E-state index in [1.54, 1.807) is 6.07 Å². The molecular weight excluding hydrogens is 304 g/mol. The predicted molar refractivity (Wildman–Crippen MR) is 93.5 cm³/mol. The first-order valence-corrected chi connectivity index (χ1v) is 8.40. The Bertz CT molecular complexity index is 706. The summed E-state index contributed by atoms with van der Waals surface area (Å²) in [5.74, 6) is 0.409. The minimum absolute atomic E-state index is 0.0638. The van der Waals surface area contributed by atoms with Crippen LogP contribution in [0.4, 0.5) is 0 Å². The van der Waals surface area contributed by atoms with Crippen LogP contribution in [0.2, 0.25) is 0 Å². The third kappa shape index (κ3) is 4.46. The second-order valence-electron chi connectivity index (χ2n) is 6.07. The molecule has 2 aromatic rings. The largest absolute Gasteiger partial charge is 0.483 e. The zero-order chi connectivity index (χ0) is 16.8. The van der Waals surface area contributed by atoms with Crippen molar-refractivity contribution in [1.82, 2.24) is 9.47 Å². The summed E-state index contributed by atoms with van der Waals surface area (Å²) in [5, 5.41) is 0. The fraction of sp³-hybridized carbons (Fsp3) is 0.421. The summed E-state index contributed by atoms with van der Waals surface area (Å²) in [4.78, 5) is 14.5. The molecule has 0 atom stereocenters. The Hall–Kier alpha value is -2.11. The average Bonchev–Trinajstić information content (AvgIpc) is 2.62. The quantitative estimate of drug-likeness (QED) is 0.814. The number of ether oxygens (including phenoxy) is 2. The molecule has 1 aromatic carbocycles. The van der Waals surface area contributed by atoms with Gasteiger partial charge in [0.15, 0.2) is 5.75 Å². The van der Waals surface area contributed by atoms with Crippen LogP contribution in [-0.2, 0) is 17.9 Å². The summed E-state index contributed by atoms with van der Waals surface area (Å²) in [6.45, 7) is 7.69. The minimum atomic E-state index is -0.0638. The molecule has 1 aliphatic rings. The molecule has 3 rings (SSSR count). The van der Waals surface area contributed by atoms with Gasteiger partial charge in [-0.3, -0.25) is 9.69 Å². The van der Waals surface area contributed by atoms with Crippen LogP contribution in [0.25, 0.3) is 0 Å². The van der Waals surface area contributed by atoms with Gasteiger partial charge in [-0.1, -0.05) is 30.3 Å². The van der Waals surface area contributed by atoms with Crippen molar-refractivity contribution in [2.45, 2.75) is 20.1 Å². The number of hydrogen-bond acceptors (Lipinski definition) is 4. The van der Waals surface area contributed by atoms with Gasteiger partial charge in [0.25, 0.3) is 0 Å². The third-order valence-corrected chi connectivity index (χ3v) is 4.31. The average molecular weight is 328 g/mol. The summed E-state index contributed by atoms with van der Waals surface area (Å²) < 4.78 is 13.2. The van der Waals surface area contributed by atoms with E-state index in [9.17, 15) is 4.79 Å². The van der Waals surface area contributed by atoms with Crippen molar-refractivity contribution in [3.63, 3.8) is 0 Å². The van der Waals surface area contributed by atoms with Crippen LogP contribution in [-0.4, -0.2) is 42.3 Å². The van der Waals surface area contributed by atoms with Crippen molar-refractivity contribution < 1.29 is 9.47 Å². The van der Waals surface area contributed by atoms with Crippen LogP contribution in [0.3, 0.4) is 0 Å². The highest BCUT2D eigenvalue weighted by atomic mass is 16.5. The van der Waals surface area contributed by atoms with Crippen LogP contribution in [0, 0.1) is 6.92 Å². The molecule has 24 heavy (non-hydrogen) atoms. The lowest BCUT2D eigenvalue weighted by molar-refractivity contribution is 0.0363. The van der Waals surface area contributed by atoms with E-state index in [4.69, 9.17) is 9.47 Å². The highest BCUT2D eigenvalue weighted by molar-refractivity contribution is 5.22. The van der Waals surface area contributed by atoms with Gasteiger partial charge in [0.05, 0.1) is 19.4 Å². The molecule has 0 aliphatic carbocycles. The van der Waals surface area contributed by atoms with E-state index in [2.05, 4.69) is 9.47 Å². The number of benzene rings is 1. The topological polar surface area (TPSA) is 43.7 Å². The van der Waals surface area contributed by atoms with Gasteiger partial charge in [-0.25, -0.2) is 0 Å². The van der Waals surface area contributed by atoms with E-state index >= 15 is 0 Å². The number of nitrogens with zero attached hydrogens (tertiary/aromatic N) is 2. The van der Waals surface area contributed by atoms with Crippen LogP contribution in [0.1, 0.15) is 11.3 Å². The fourth-order valence-corrected chi connectivity index (χ4v) is 2.81. The molecule has 0 bridgehead atoms. The Morgan fingerprint density at radius 3 is 2.62 bits per heavy atom. The first-order chi connectivity index (χ1) is 11.7. The van der Waals surface area contributed by atoms with Crippen LogP contribution in [0.5, 0.6) is 5.75 Å². The van der Waals surface area contributed by atoms with Crippen molar-refractivity contribution in [1.29, 1.82) is 0 Å². The molecule has 1 aromatic heterocycles. The van der Waals surface area contributed by atoms with Gasteiger partial charge in [-0.2, -0.15) is 0 Å². The normalized spacial score (nSPS) is 15.4. The highest BCUT2D eigenvalue weighted by Crippen LogP contribution is 2.10. The summed E-state index contributed by atoms with van der Waals surface area (Å²) >= 11 is 0. The molecule has 1 fully saturated rings. The van der Waals surface area contributed by atoms with Crippen molar-refractivity contribution in [2.24, 2.45) is 0 Å². The van der Waals surface area contributed by atoms with Gasteiger partial charge < -0.3 is 14.0 Å². The van der Waals surface area contributed by atoms with Crippen LogP contribution >= 0.6 is 0 Å². The van der Waals surface area contributed by atoms with E-state index in [0.29, 0.717) is 12.4 Å². The van der Waals surface area contributed by atoms with Gasteiger partial charge in [-0.05, 0) is 12.5 Å². The van der Waals surface area contributed by atoms with Crippen molar-refractivity contribution in [3.8, 4) is 5.75 Å². The third-order valence-electron chi connectivity index (χ3n) is 4.31. The maximum atomic E-state index is 12.2. The van der Waals surface area contributed by atoms with E-state index in [1.807, 2.05) is 43.5 Å². The lowest BCUT2D eigenvalue weighted by Gasteiger charge is -2.27. The SMILES string of the molecule is Cc1cc(=O)c(OCc2ccccc2)cn1CCN1CCOCC1. The number of pyridine rings is 1. The molecule has 2 heterocycles. The van der Waals surface area contributed by atoms with Crippen molar-refractivity contribution in [2.75, 3.05) is 32.8 Å². The summed E-state index contributed by atoms with van der Waals surface area (Å²) in [5.41, 5.74) is 1.95. The maximum absolute atomic E-state index is 12.2. The summed E-state index contributed by atoms with van der Waals surface area (Å²) in [6.07, 6.45) is 1.83. The zero-order valence-electron chi connectivity index (χ0n) is 14.1. The Morgan fingerprint density at radius 1 is 1.12 bits per heavy atom. The second-order valence-corrected chi connectivity index (χ2v) is 6.07. The molecule has 1 aliphatic heterocycles. The van der Waals surface area contributed by atoms with E-state index in [0.717, 1.165) is 50.7 Å². The summed E-state index contributed by atoms with van der Waals surface area (Å²) in [7, 11) is 0. The van der Waals surface area contributed by atoms with Gasteiger partial charge in [0, 0.05) is 37.9 Å². The standard InChI is InChI=1S/C19H24N2O3/c1-16-13-18(22)19(24-15-17-5-3-2-4-6-17)14-21(16)8-7-20-9-11-23-12-10-20/h2-6,13-14H,7-12,15H2,1H3. The smallest absolute Gasteiger partial charge is 0.223 e. The number of aryl methyl sites for hydroxylation is 1. The second kappa shape index (κ2) is 8.13. The Morgan fingerprint density at radius 2 is 1.88 bits per heavy atom. The number of hydrogen-bond donors (Lipinski definition) is 0. The molecule has 0 spiro atoms.